The lowest BCUT2D eigenvalue weighted by Gasteiger charge is -2.54. The molecule has 4 aliphatic rings. The zero-order chi connectivity index (χ0) is 12.8. The van der Waals surface area contributed by atoms with Gasteiger partial charge >= 0.3 is 0 Å². The maximum atomic E-state index is 9.85. The van der Waals surface area contributed by atoms with E-state index < -0.39 is 0 Å². The van der Waals surface area contributed by atoms with Gasteiger partial charge in [0.25, 0.3) is 0 Å². The molecule has 0 amide bonds. The molecule has 0 aliphatic heterocycles. The van der Waals surface area contributed by atoms with Crippen LogP contribution in [0.4, 0.5) is 0 Å². The summed E-state index contributed by atoms with van der Waals surface area (Å²) in [4.78, 5) is 0. The number of rotatable bonds is 3. The summed E-state index contributed by atoms with van der Waals surface area (Å²) >= 11 is 0. The van der Waals surface area contributed by atoms with Gasteiger partial charge in [-0.3, -0.25) is 0 Å². The summed E-state index contributed by atoms with van der Waals surface area (Å²) in [5, 5.41) is 13.6. The normalized spacial score (nSPS) is 39.7. The van der Waals surface area contributed by atoms with Gasteiger partial charge in [0.2, 0.25) is 0 Å². The van der Waals surface area contributed by atoms with Crippen LogP contribution in [0.3, 0.4) is 0 Å². The second-order valence-corrected chi connectivity index (χ2v) is 6.97. The molecule has 0 saturated heterocycles. The molecular weight excluding hydrogens is 234 g/mol. The number of para-hydroxylation sites is 1. The van der Waals surface area contributed by atoms with Gasteiger partial charge in [0.1, 0.15) is 5.75 Å². The van der Waals surface area contributed by atoms with Crippen LogP contribution < -0.4 is 5.32 Å². The maximum Gasteiger partial charge on any atom is 0.120 e. The van der Waals surface area contributed by atoms with Crippen molar-refractivity contribution < 1.29 is 5.11 Å². The first kappa shape index (κ1) is 11.8. The number of nitrogens with one attached hydrogen (secondary N) is 1. The molecule has 4 fully saturated rings. The Balaban J connectivity index is 1.45. The second kappa shape index (κ2) is 4.52. The lowest BCUT2D eigenvalue weighted by Crippen LogP contribution is -2.54. The number of benzene rings is 1. The predicted molar refractivity (Wildman–Crippen MR) is 75.8 cm³/mol. The molecule has 1 aromatic rings. The molecule has 2 nitrogen and oxygen atoms in total. The molecule has 0 aromatic heterocycles. The Morgan fingerprint density at radius 2 is 1.58 bits per heavy atom. The van der Waals surface area contributed by atoms with Crippen LogP contribution in [0.15, 0.2) is 24.3 Å². The van der Waals surface area contributed by atoms with E-state index in [0.29, 0.717) is 11.8 Å². The van der Waals surface area contributed by atoms with E-state index in [1.807, 2.05) is 18.2 Å². The Labute approximate surface area is 115 Å². The Bertz CT molecular complexity index is 442. The SMILES string of the molecule is Oc1ccccc1CNC1C2CC3CC(C2)CC1C3. The number of aromatic hydroxyl groups is 1. The summed E-state index contributed by atoms with van der Waals surface area (Å²) < 4.78 is 0. The Morgan fingerprint density at radius 1 is 0.947 bits per heavy atom. The van der Waals surface area contributed by atoms with Crippen molar-refractivity contribution in [1.29, 1.82) is 0 Å². The van der Waals surface area contributed by atoms with Gasteiger partial charge in [0.05, 0.1) is 0 Å². The fraction of sp³-hybridized carbons (Fsp3) is 0.647. The van der Waals surface area contributed by atoms with Crippen LogP contribution in [0, 0.1) is 23.7 Å². The number of phenolic OH excluding ortho intramolecular Hbond substituents is 1. The Morgan fingerprint density at radius 3 is 2.21 bits per heavy atom. The molecule has 4 saturated carbocycles. The highest BCUT2D eigenvalue weighted by atomic mass is 16.3. The molecule has 0 spiro atoms. The van der Waals surface area contributed by atoms with Crippen molar-refractivity contribution in [3.8, 4) is 5.75 Å². The number of hydrogen-bond acceptors (Lipinski definition) is 2. The van der Waals surface area contributed by atoms with E-state index in [2.05, 4.69) is 5.32 Å². The molecule has 4 aliphatic carbocycles. The van der Waals surface area contributed by atoms with E-state index in [4.69, 9.17) is 0 Å². The van der Waals surface area contributed by atoms with Gasteiger partial charge in [0.15, 0.2) is 0 Å². The van der Waals surface area contributed by atoms with E-state index in [-0.39, 0.29) is 0 Å². The average Bonchev–Trinajstić information content (AvgIpc) is 2.39. The molecule has 2 N–H and O–H groups in total. The van der Waals surface area contributed by atoms with Crippen LogP contribution in [-0.2, 0) is 6.54 Å². The molecule has 5 rings (SSSR count). The quantitative estimate of drug-likeness (QED) is 0.870. The predicted octanol–water partition coefficient (Wildman–Crippen LogP) is 3.31. The van der Waals surface area contributed by atoms with Gasteiger partial charge in [0, 0.05) is 18.2 Å². The zero-order valence-electron chi connectivity index (χ0n) is 11.4. The van der Waals surface area contributed by atoms with Crippen LogP contribution in [0.5, 0.6) is 5.75 Å². The van der Waals surface area contributed by atoms with Crippen LogP contribution in [0.1, 0.15) is 37.7 Å². The third-order valence-corrected chi connectivity index (χ3v) is 5.75. The maximum absolute atomic E-state index is 9.85. The molecule has 4 bridgehead atoms. The highest BCUT2D eigenvalue weighted by Gasteiger charge is 2.47. The van der Waals surface area contributed by atoms with E-state index in [0.717, 1.165) is 35.8 Å². The van der Waals surface area contributed by atoms with Gasteiger partial charge < -0.3 is 10.4 Å². The van der Waals surface area contributed by atoms with Crippen LogP contribution >= 0.6 is 0 Å². The van der Waals surface area contributed by atoms with Crippen molar-refractivity contribution in [2.45, 2.75) is 44.7 Å². The van der Waals surface area contributed by atoms with Crippen molar-refractivity contribution in [2.75, 3.05) is 0 Å². The molecule has 2 heteroatoms. The lowest BCUT2D eigenvalue weighted by atomic mass is 9.54. The monoisotopic (exact) mass is 257 g/mol. The second-order valence-electron chi connectivity index (χ2n) is 6.97. The fourth-order valence-corrected chi connectivity index (χ4v) is 5.15. The van der Waals surface area contributed by atoms with Crippen molar-refractivity contribution in [3.05, 3.63) is 29.8 Å². The van der Waals surface area contributed by atoms with Crippen molar-refractivity contribution >= 4 is 0 Å². The van der Waals surface area contributed by atoms with Gasteiger partial charge in [-0.1, -0.05) is 18.2 Å². The first-order valence-corrected chi connectivity index (χ1v) is 7.80. The van der Waals surface area contributed by atoms with E-state index in [1.54, 1.807) is 6.07 Å². The van der Waals surface area contributed by atoms with E-state index >= 15 is 0 Å². The molecule has 102 valence electrons. The van der Waals surface area contributed by atoms with Gasteiger partial charge in [-0.05, 0) is 61.8 Å². The molecule has 0 radical (unpaired) electrons. The summed E-state index contributed by atoms with van der Waals surface area (Å²) in [5.74, 6) is 4.30. The molecule has 0 unspecified atom stereocenters. The summed E-state index contributed by atoms with van der Waals surface area (Å²) in [6.45, 7) is 0.819. The fourth-order valence-electron chi connectivity index (χ4n) is 5.15. The third kappa shape index (κ3) is 2.06. The Hall–Kier alpha value is -1.02. The highest BCUT2D eigenvalue weighted by molar-refractivity contribution is 5.31. The topological polar surface area (TPSA) is 32.3 Å². The number of hydrogen-bond donors (Lipinski definition) is 2. The minimum absolute atomic E-state index is 0.429. The van der Waals surface area contributed by atoms with Gasteiger partial charge in [-0.25, -0.2) is 0 Å². The smallest absolute Gasteiger partial charge is 0.120 e. The zero-order valence-corrected chi connectivity index (χ0v) is 11.4. The number of phenols is 1. The molecule has 0 heterocycles. The Kier molecular flexibility index (Phi) is 2.80. The standard InChI is InChI=1S/C17H23NO/c19-16-4-2-1-3-13(16)10-18-17-14-6-11-5-12(8-14)9-15(17)7-11/h1-4,11-12,14-15,17-19H,5-10H2. The summed E-state index contributed by atoms with van der Waals surface area (Å²) in [5.41, 5.74) is 1.04. The minimum atomic E-state index is 0.429. The van der Waals surface area contributed by atoms with Crippen molar-refractivity contribution in [3.63, 3.8) is 0 Å². The molecular formula is C17H23NO. The van der Waals surface area contributed by atoms with Gasteiger partial charge in [-0.15, -0.1) is 0 Å². The first-order valence-electron chi connectivity index (χ1n) is 7.80. The molecule has 0 atom stereocenters. The van der Waals surface area contributed by atoms with Gasteiger partial charge in [-0.2, -0.15) is 0 Å². The van der Waals surface area contributed by atoms with Crippen LogP contribution in [0.2, 0.25) is 0 Å². The summed E-state index contributed by atoms with van der Waals surface area (Å²) in [6.07, 6.45) is 7.31. The van der Waals surface area contributed by atoms with Crippen molar-refractivity contribution in [2.24, 2.45) is 23.7 Å². The highest BCUT2D eigenvalue weighted by Crippen LogP contribution is 2.53. The first-order chi connectivity index (χ1) is 9.29. The molecule has 19 heavy (non-hydrogen) atoms. The van der Waals surface area contributed by atoms with Crippen LogP contribution in [-0.4, -0.2) is 11.1 Å². The van der Waals surface area contributed by atoms with E-state index in [9.17, 15) is 5.11 Å². The summed E-state index contributed by atoms with van der Waals surface area (Å²) in [6, 6.07) is 8.41. The average molecular weight is 257 g/mol. The molecule has 1 aromatic carbocycles. The largest absolute Gasteiger partial charge is 0.508 e. The van der Waals surface area contributed by atoms with Crippen LogP contribution in [0.25, 0.3) is 0 Å². The van der Waals surface area contributed by atoms with Crippen molar-refractivity contribution in [1.82, 2.24) is 5.32 Å². The van der Waals surface area contributed by atoms with E-state index in [1.165, 1.54) is 32.1 Å². The summed E-state index contributed by atoms with van der Waals surface area (Å²) in [7, 11) is 0. The third-order valence-electron chi connectivity index (χ3n) is 5.75. The minimum Gasteiger partial charge on any atom is -0.508 e. The lowest BCUT2D eigenvalue weighted by molar-refractivity contribution is -0.0143.